The van der Waals surface area contributed by atoms with E-state index in [1.54, 1.807) is 6.07 Å². The predicted octanol–water partition coefficient (Wildman–Crippen LogP) is 2.94. The molecule has 0 spiro atoms. The number of nitrogens with two attached hydrogens (primary N) is 1. The fourth-order valence-electron chi connectivity index (χ4n) is 2.10. The molecule has 1 aromatic carbocycles. The van der Waals surface area contributed by atoms with Crippen molar-refractivity contribution in [1.82, 2.24) is 10.1 Å². The molecule has 2 heterocycles. The molecule has 11 heteroatoms. The Kier molecular flexibility index (Phi) is 4.09. The lowest BCUT2D eigenvalue weighted by Crippen LogP contribution is -2.12. The van der Waals surface area contributed by atoms with Crippen LogP contribution >= 0.6 is 11.3 Å². The van der Waals surface area contributed by atoms with Crippen LogP contribution in [0.25, 0.3) is 10.2 Å². The minimum Gasteiger partial charge on any atom is -0.336 e. The van der Waals surface area contributed by atoms with Crippen LogP contribution in [0.3, 0.4) is 0 Å². The topological polar surface area (TPSA) is 144 Å². The summed E-state index contributed by atoms with van der Waals surface area (Å²) < 4.78 is 28.3. The third kappa shape index (κ3) is 3.52. The smallest absolute Gasteiger partial charge is 0.336 e. The summed E-state index contributed by atoms with van der Waals surface area (Å²) in [5.74, 6) is 0. The van der Waals surface area contributed by atoms with Crippen LogP contribution in [0.4, 0.5) is 10.8 Å². The first kappa shape index (κ1) is 17.5. The van der Waals surface area contributed by atoms with Crippen molar-refractivity contribution in [1.29, 1.82) is 0 Å². The molecule has 0 atom stereocenters. The Morgan fingerprint density at radius 2 is 2.00 bits per heavy atom. The van der Waals surface area contributed by atoms with Gasteiger partial charge in [-0.15, -0.1) is 10.2 Å². The van der Waals surface area contributed by atoms with Crippen LogP contribution < -0.4 is 10.8 Å². The highest BCUT2D eigenvalue weighted by Crippen LogP contribution is 2.32. The molecule has 0 saturated heterocycles. The van der Waals surface area contributed by atoms with Gasteiger partial charge in [-0.1, -0.05) is 32.1 Å². The van der Waals surface area contributed by atoms with Crippen LogP contribution in [0.5, 0.6) is 0 Å². The molecule has 9 nitrogen and oxygen atoms in total. The fraction of sp³-hybridized carbons (Fsp3) is 0.286. The molecular formula is C14H15N5O4S2. The normalized spacial score (nSPS) is 13.1. The standard InChI is InChI=1S/C14H15N5O4S2/c1-14(2,3)11-10(12(20)23-19-11)17-18-13-16-8-6-7(25(15,21)22)4-5-9(8)24-13/h4-6,19H,1-3H3,(H2,15,21,22). The second-order valence-electron chi connectivity index (χ2n) is 6.34. The van der Waals surface area contributed by atoms with Crippen LogP contribution in [0, 0.1) is 0 Å². The van der Waals surface area contributed by atoms with Gasteiger partial charge in [-0.05, 0) is 18.2 Å². The van der Waals surface area contributed by atoms with Crippen molar-refractivity contribution in [2.75, 3.05) is 0 Å². The summed E-state index contributed by atoms with van der Waals surface area (Å²) in [5, 5.41) is 15.9. The SMILES string of the molecule is CC(C)(C)c1[nH]oc(=O)c1N=Nc1nc2cc(S(N)(=O)=O)ccc2s1. The molecule has 0 bridgehead atoms. The van der Waals surface area contributed by atoms with Gasteiger partial charge in [0, 0.05) is 5.41 Å². The first-order valence-electron chi connectivity index (χ1n) is 7.13. The van der Waals surface area contributed by atoms with Gasteiger partial charge >= 0.3 is 5.63 Å². The highest BCUT2D eigenvalue weighted by Gasteiger charge is 2.24. The number of nitrogens with one attached hydrogen (secondary N) is 1. The number of H-pyrrole nitrogens is 1. The minimum atomic E-state index is -3.81. The third-order valence-electron chi connectivity index (χ3n) is 3.34. The maximum absolute atomic E-state index is 11.8. The zero-order chi connectivity index (χ0) is 18.4. The van der Waals surface area contributed by atoms with Gasteiger partial charge in [-0.25, -0.2) is 28.5 Å². The van der Waals surface area contributed by atoms with E-state index in [-0.39, 0.29) is 21.1 Å². The van der Waals surface area contributed by atoms with Gasteiger partial charge < -0.3 is 4.52 Å². The zero-order valence-electron chi connectivity index (χ0n) is 13.6. The van der Waals surface area contributed by atoms with Crippen molar-refractivity contribution in [3.8, 4) is 0 Å². The Morgan fingerprint density at radius 3 is 2.64 bits per heavy atom. The molecule has 0 saturated carbocycles. The van der Waals surface area contributed by atoms with Gasteiger partial charge in [-0.3, -0.25) is 0 Å². The van der Waals surface area contributed by atoms with Crippen LogP contribution in [0.1, 0.15) is 26.5 Å². The van der Waals surface area contributed by atoms with E-state index in [4.69, 9.17) is 9.66 Å². The van der Waals surface area contributed by atoms with Gasteiger partial charge in [0.25, 0.3) is 0 Å². The first-order valence-corrected chi connectivity index (χ1v) is 9.49. The van der Waals surface area contributed by atoms with E-state index in [0.717, 1.165) is 4.70 Å². The molecule has 3 N–H and O–H groups in total. The van der Waals surface area contributed by atoms with Crippen LogP contribution in [-0.2, 0) is 15.4 Å². The predicted molar refractivity (Wildman–Crippen MR) is 93.2 cm³/mol. The van der Waals surface area contributed by atoms with Gasteiger partial charge in [0.1, 0.15) is 0 Å². The lowest BCUT2D eigenvalue weighted by atomic mass is 9.91. The maximum atomic E-state index is 11.8. The molecule has 0 amide bonds. The van der Waals surface area contributed by atoms with Crippen molar-refractivity contribution in [2.45, 2.75) is 31.1 Å². The summed E-state index contributed by atoms with van der Waals surface area (Å²) in [6.07, 6.45) is 0. The van der Waals surface area contributed by atoms with E-state index in [1.165, 1.54) is 23.5 Å². The Morgan fingerprint density at radius 1 is 1.28 bits per heavy atom. The van der Waals surface area contributed by atoms with E-state index in [0.29, 0.717) is 11.2 Å². The van der Waals surface area contributed by atoms with Crippen molar-refractivity contribution >= 4 is 42.4 Å². The number of sulfonamides is 1. The Hall–Kier alpha value is -2.37. The van der Waals surface area contributed by atoms with Crippen LogP contribution in [-0.4, -0.2) is 18.6 Å². The lowest BCUT2D eigenvalue weighted by molar-refractivity contribution is 0.370. The Balaban J connectivity index is 2.01. The van der Waals surface area contributed by atoms with Crippen LogP contribution in [0.2, 0.25) is 0 Å². The number of hydrogen-bond donors (Lipinski definition) is 2. The van der Waals surface area contributed by atoms with E-state index >= 15 is 0 Å². The molecule has 0 aliphatic heterocycles. The van der Waals surface area contributed by atoms with Crippen molar-refractivity contribution in [3.05, 3.63) is 34.3 Å². The molecule has 2 aromatic heterocycles. The zero-order valence-corrected chi connectivity index (χ0v) is 15.2. The summed E-state index contributed by atoms with van der Waals surface area (Å²) in [6, 6.07) is 4.36. The molecule has 0 unspecified atom stereocenters. The van der Waals surface area contributed by atoms with E-state index in [2.05, 4.69) is 20.4 Å². The minimum absolute atomic E-state index is 0.0323. The molecule has 3 rings (SSSR count). The fourth-order valence-corrected chi connectivity index (χ4v) is 3.40. The largest absolute Gasteiger partial charge is 0.384 e. The number of fused-ring (bicyclic) bond motifs is 1. The van der Waals surface area contributed by atoms with Gasteiger partial charge in [-0.2, -0.15) is 0 Å². The van der Waals surface area contributed by atoms with Crippen molar-refractivity contribution in [3.63, 3.8) is 0 Å². The molecule has 0 aliphatic rings. The lowest BCUT2D eigenvalue weighted by Gasteiger charge is -2.14. The summed E-state index contributed by atoms with van der Waals surface area (Å²) in [4.78, 5) is 16.0. The number of thiazole rings is 1. The number of rotatable bonds is 3. The quantitative estimate of drug-likeness (QED) is 0.670. The van der Waals surface area contributed by atoms with Crippen molar-refractivity contribution < 1.29 is 12.9 Å². The third-order valence-corrected chi connectivity index (χ3v) is 5.17. The number of benzene rings is 1. The molecule has 25 heavy (non-hydrogen) atoms. The highest BCUT2D eigenvalue weighted by molar-refractivity contribution is 7.89. The van der Waals surface area contributed by atoms with E-state index in [9.17, 15) is 13.2 Å². The average molecular weight is 381 g/mol. The first-order chi connectivity index (χ1) is 11.6. The van der Waals surface area contributed by atoms with E-state index in [1.807, 2.05) is 20.8 Å². The number of aromatic amines is 1. The number of nitrogens with zero attached hydrogens (tertiary/aromatic N) is 3. The molecule has 0 fully saturated rings. The maximum Gasteiger partial charge on any atom is 0.384 e. The van der Waals surface area contributed by atoms with Gasteiger partial charge in [0.05, 0.1) is 20.8 Å². The number of primary sulfonamides is 1. The second-order valence-corrected chi connectivity index (χ2v) is 8.91. The monoisotopic (exact) mass is 381 g/mol. The molecule has 0 aliphatic carbocycles. The molecule has 132 valence electrons. The van der Waals surface area contributed by atoms with Gasteiger partial charge in [0.15, 0.2) is 5.69 Å². The second kappa shape index (κ2) is 5.86. The number of hydrogen-bond acceptors (Lipinski definition) is 8. The average Bonchev–Trinajstić information content (AvgIpc) is 3.05. The summed E-state index contributed by atoms with van der Waals surface area (Å²) in [6.45, 7) is 5.71. The van der Waals surface area contributed by atoms with Crippen LogP contribution in [0.15, 0.2) is 42.6 Å². The highest BCUT2D eigenvalue weighted by atomic mass is 32.2. The molecule has 0 radical (unpaired) electrons. The van der Waals surface area contributed by atoms with Crippen molar-refractivity contribution in [2.24, 2.45) is 15.4 Å². The summed E-state index contributed by atoms with van der Waals surface area (Å²) in [7, 11) is -3.81. The summed E-state index contributed by atoms with van der Waals surface area (Å²) >= 11 is 1.21. The van der Waals surface area contributed by atoms with Gasteiger partial charge in [0.2, 0.25) is 15.2 Å². The molecular weight excluding hydrogens is 366 g/mol. The number of aromatic nitrogens is 2. The van der Waals surface area contributed by atoms with E-state index < -0.39 is 15.6 Å². The number of azo groups is 1. The Labute approximate surface area is 146 Å². The Bertz CT molecular complexity index is 1130. The molecule has 3 aromatic rings. The summed E-state index contributed by atoms with van der Waals surface area (Å²) in [5.41, 5.74) is 0.0446.